The summed E-state index contributed by atoms with van der Waals surface area (Å²) >= 11 is 0. The summed E-state index contributed by atoms with van der Waals surface area (Å²) in [5.41, 5.74) is 5.88. The van der Waals surface area contributed by atoms with E-state index in [2.05, 4.69) is 13.8 Å². The third-order valence-corrected chi connectivity index (χ3v) is 2.69. The van der Waals surface area contributed by atoms with E-state index in [1.165, 1.54) is 0 Å². The van der Waals surface area contributed by atoms with Crippen LogP contribution in [0.3, 0.4) is 0 Å². The number of carbonyl (C=O) groups is 1. The van der Waals surface area contributed by atoms with Gasteiger partial charge < -0.3 is 15.4 Å². The Morgan fingerprint density at radius 1 is 1.60 bits per heavy atom. The number of rotatable bonds is 3. The summed E-state index contributed by atoms with van der Waals surface area (Å²) in [6.45, 7) is 8.08. The van der Waals surface area contributed by atoms with Crippen LogP contribution in [0.15, 0.2) is 0 Å². The van der Waals surface area contributed by atoms with Crippen molar-refractivity contribution in [1.29, 1.82) is 0 Å². The van der Waals surface area contributed by atoms with E-state index in [9.17, 15) is 4.79 Å². The van der Waals surface area contributed by atoms with Gasteiger partial charge in [-0.2, -0.15) is 0 Å². The number of nitrogens with two attached hydrogens (primary N) is 1. The molecular weight excluding hydrogens is 192 g/mol. The molecule has 1 amide bonds. The Morgan fingerprint density at radius 3 is 2.80 bits per heavy atom. The highest BCUT2D eigenvalue weighted by atomic mass is 16.5. The summed E-state index contributed by atoms with van der Waals surface area (Å²) in [6.07, 6.45) is 0.753. The van der Waals surface area contributed by atoms with E-state index in [0.717, 1.165) is 6.42 Å². The van der Waals surface area contributed by atoms with E-state index in [1.54, 1.807) is 0 Å². The van der Waals surface area contributed by atoms with Gasteiger partial charge in [0, 0.05) is 6.54 Å². The molecule has 0 aliphatic carbocycles. The zero-order valence-corrected chi connectivity index (χ0v) is 9.90. The van der Waals surface area contributed by atoms with Crippen LogP contribution in [0, 0.1) is 5.92 Å². The zero-order chi connectivity index (χ0) is 11.4. The van der Waals surface area contributed by atoms with E-state index < -0.39 is 0 Å². The van der Waals surface area contributed by atoms with E-state index in [4.69, 9.17) is 10.5 Å². The Hall–Kier alpha value is -0.610. The fraction of sp³-hybridized carbons (Fsp3) is 0.909. The summed E-state index contributed by atoms with van der Waals surface area (Å²) < 4.78 is 5.29. The minimum Gasteiger partial charge on any atom is -0.377 e. The second kappa shape index (κ2) is 5.47. The number of ether oxygens (including phenoxy) is 1. The lowest BCUT2D eigenvalue weighted by atomic mass is 10.0. The van der Waals surface area contributed by atoms with E-state index in [-0.39, 0.29) is 18.0 Å². The number of amides is 1. The Kier molecular flexibility index (Phi) is 4.54. The Morgan fingerprint density at radius 2 is 2.27 bits per heavy atom. The lowest BCUT2D eigenvalue weighted by Gasteiger charge is -2.35. The second-order valence-electron chi connectivity index (χ2n) is 4.69. The van der Waals surface area contributed by atoms with Gasteiger partial charge in [0.25, 0.3) is 0 Å². The lowest BCUT2D eigenvalue weighted by Crippen LogP contribution is -2.53. The van der Waals surface area contributed by atoms with Crippen LogP contribution in [0.4, 0.5) is 0 Å². The molecule has 0 saturated carbocycles. The summed E-state index contributed by atoms with van der Waals surface area (Å²) in [6, 6.07) is -0.199. The van der Waals surface area contributed by atoms with Crippen LogP contribution >= 0.6 is 0 Å². The van der Waals surface area contributed by atoms with Crippen molar-refractivity contribution in [1.82, 2.24) is 4.90 Å². The van der Waals surface area contributed by atoms with Crippen LogP contribution in [0.1, 0.15) is 27.2 Å². The van der Waals surface area contributed by atoms with Gasteiger partial charge in [-0.15, -0.1) is 0 Å². The van der Waals surface area contributed by atoms with Crippen LogP contribution in [0.5, 0.6) is 0 Å². The first-order valence-electron chi connectivity index (χ1n) is 5.66. The lowest BCUT2D eigenvalue weighted by molar-refractivity contribution is -0.140. The third kappa shape index (κ3) is 3.47. The molecule has 1 rings (SSSR count). The average Bonchev–Trinajstić information content (AvgIpc) is 2.16. The molecule has 1 heterocycles. The van der Waals surface area contributed by atoms with Gasteiger partial charge in [-0.25, -0.2) is 0 Å². The summed E-state index contributed by atoms with van der Waals surface area (Å²) in [7, 11) is 0. The predicted octanol–water partition coefficient (Wildman–Crippen LogP) is 0.607. The van der Waals surface area contributed by atoms with Gasteiger partial charge in [-0.05, 0) is 19.3 Å². The van der Waals surface area contributed by atoms with Crippen LogP contribution in [0.25, 0.3) is 0 Å². The molecule has 2 N–H and O–H groups in total. The normalized spacial score (nSPS) is 24.3. The summed E-state index contributed by atoms with van der Waals surface area (Å²) in [5, 5.41) is 0. The van der Waals surface area contributed by atoms with Gasteiger partial charge >= 0.3 is 0 Å². The van der Waals surface area contributed by atoms with Crippen molar-refractivity contribution in [2.45, 2.75) is 39.3 Å². The predicted molar refractivity (Wildman–Crippen MR) is 59.4 cm³/mol. The fourth-order valence-corrected chi connectivity index (χ4v) is 1.88. The maximum Gasteiger partial charge on any atom is 0.239 e. The first-order valence-corrected chi connectivity index (χ1v) is 5.66. The first kappa shape index (κ1) is 12.5. The van der Waals surface area contributed by atoms with Crippen LogP contribution in [0.2, 0.25) is 0 Å². The van der Waals surface area contributed by atoms with Crippen LogP contribution in [-0.4, -0.2) is 42.6 Å². The third-order valence-electron chi connectivity index (χ3n) is 2.69. The van der Waals surface area contributed by atoms with E-state index >= 15 is 0 Å². The first-order chi connectivity index (χ1) is 7.02. The molecule has 1 saturated heterocycles. The Bertz CT molecular complexity index is 219. The Labute approximate surface area is 91.8 Å². The highest BCUT2D eigenvalue weighted by molar-refractivity contribution is 5.82. The SMILES string of the molecule is CC(C)CC(N)C(=O)N1CCOCC1C. The molecule has 0 spiro atoms. The van der Waals surface area contributed by atoms with Gasteiger partial charge in [0.2, 0.25) is 5.91 Å². The molecule has 1 fully saturated rings. The minimum absolute atomic E-state index is 0.0690. The molecule has 0 aromatic rings. The van der Waals surface area contributed by atoms with Crippen LogP contribution < -0.4 is 5.73 Å². The molecule has 2 atom stereocenters. The van der Waals surface area contributed by atoms with Gasteiger partial charge in [-0.1, -0.05) is 13.8 Å². The van der Waals surface area contributed by atoms with Gasteiger partial charge in [-0.3, -0.25) is 4.79 Å². The number of hydrogen-bond donors (Lipinski definition) is 1. The topological polar surface area (TPSA) is 55.6 Å². The van der Waals surface area contributed by atoms with Crippen molar-refractivity contribution >= 4 is 5.91 Å². The molecule has 0 bridgehead atoms. The number of morpholine rings is 1. The van der Waals surface area contributed by atoms with Crippen molar-refractivity contribution in [3.8, 4) is 0 Å². The van der Waals surface area contributed by atoms with E-state index in [0.29, 0.717) is 25.7 Å². The van der Waals surface area contributed by atoms with Crippen molar-refractivity contribution in [2.24, 2.45) is 11.7 Å². The average molecular weight is 214 g/mol. The summed E-state index contributed by atoms with van der Waals surface area (Å²) in [5.74, 6) is 0.528. The van der Waals surface area contributed by atoms with Gasteiger partial charge in [0.1, 0.15) is 0 Å². The molecule has 1 aliphatic rings. The van der Waals surface area contributed by atoms with Crippen molar-refractivity contribution in [2.75, 3.05) is 19.8 Å². The highest BCUT2D eigenvalue weighted by Gasteiger charge is 2.27. The Balaban J connectivity index is 2.50. The second-order valence-corrected chi connectivity index (χ2v) is 4.69. The maximum absolute atomic E-state index is 12.0. The molecule has 88 valence electrons. The smallest absolute Gasteiger partial charge is 0.239 e. The van der Waals surface area contributed by atoms with Crippen LogP contribution in [-0.2, 0) is 9.53 Å². The quantitative estimate of drug-likeness (QED) is 0.749. The molecule has 0 aromatic carbocycles. The zero-order valence-electron chi connectivity index (χ0n) is 9.90. The monoisotopic (exact) mass is 214 g/mol. The minimum atomic E-state index is -0.356. The number of carbonyl (C=O) groups excluding carboxylic acids is 1. The maximum atomic E-state index is 12.0. The van der Waals surface area contributed by atoms with Crippen molar-refractivity contribution in [3.05, 3.63) is 0 Å². The highest BCUT2D eigenvalue weighted by Crippen LogP contribution is 2.11. The molecule has 4 nitrogen and oxygen atoms in total. The van der Waals surface area contributed by atoms with E-state index in [1.807, 2.05) is 11.8 Å². The van der Waals surface area contributed by atoms with Crippen molar-refractivity contribution < 1.29 is 9.53 Å². The fourth-order valence-electron chi connectivity index (χ4n) is 1.88. The van der Waals surface area contributed by atoms with Crippen molar-refractivity contribution in [3.63, 3.8) is 0 Å². The molecule has 2 unspecified atom stereocenters. The number of hydrogen-bond acceptors (Lipinski definition) is 3. The molecular formula is C11H22N2O2. The molecule has 0 radical (unpaired) electrons. The molecule has 0 aromatic heterocycles. The van der Waals surface area contributed by atoms with Gasteiger partial charge in [0.15, 0.2) is 0 Å². The molecule has 4 heteroatoms. The molecule has 15 heavy (non-hydrogen) atoms. The van der Waals surface area contributed by atoms with Gasteiger partial charge in [0.05, 0.1) is 25.3 Å². The number of nitrogens with zero attached hydrogens (tertiary/aromatic N) is 1. The largest absolute Gasteiger partial charge is 0.377 e. The molecule has 1 aliphatic heterocycles. The standard InChI is InChI=1S/C11H22N2O2/c1-8(2)6-10(12)11(14)13-4-5-15-7-9(13)3/h8-10H,4-7,12H2,1-3H3. The summed E-state index contributed by atoms with van der Waals surface area (Å²) in [4.78, 5) is 13.8.